The van der Waals surface area contributed by atoms with Crippen molar-refractivity contribution in [2.45, 2.75) is 13.0 Å². The minimum absolute atomic E-state index is 0.254. The molecule has 2 heterocycles. The molecule has 1 atom stereocenters. The van der Waals surface area contributed by atoms with Gasteiger partial charge in [-0.05, 0) is 18.4 Å². The third kappa shape index (κ3) is 2.87. The zero-order chi connectivity index (χ0) is 13.0. The van der Waals surface area contributed by atoms with Crippen LogP contribution >= 0.6 is 11.3 Å². The maximum atomic E-state index is 9.35. The number of rotatable bonds is 6. The summed E-state index contributed by atoms with van der Waals surface area (Å²) in [6.07, 6.45) is -0.795. The summed E-state index contributed by atoms with van der Waals surface area (Å²) in [5.41, 5.74) is 0. The van der Waals surface area contributed by atoms with Gasteiger partial charge in [-0.3, -0.25) is 0 Å². The van der Waals surface area contributed by atoms with E-state index in [0.29, 0.717) is 11.8 Å². The highest BCUT2D eigenvalue weighted by atomic mass is 32.1. The second-order valence-corrected chi connectivity index (χ2v) is 4.68. The number of thiophene rings is 1. The molecule has 2 rings (SSSR count). The maximum absolute atomic E-state index is 9.35. The summed E-state index contributed by atoms with van der Waals surface area (Å²) in [5, 5.41) is 27.1. The van der Waals surface area contributed by atoms with Crippen LogP contribution in [-0.2, 0) is 0 Å². The van der Waals surface area contributed by atoms with Gasteiger partial charge >= 0.3 is 0 Å². The number of aliphatic hydroxyl groups excluding tert-OH is 2. The molecule has 0 spiro atoms. The van der Waals surface area contributed by atoms with Crippen LogP contribution in [0.25, 0.3) is 10.2 Å². The quantitative estimate of drug-likeness (QED) is 0.622. The Morgan fingerprint density at radius 1 is 1.39 bits per heavy atom. The molecule has 0 aliphatic rings. The fourth-order valence-electron chi connectivity index (χ4n) is 1.51. The second kappa shape index (κ2) is 5.94. The molecule has 0 amide bonds. The van der Waals surface area contributed by atoms with E-state index in [0.717, 1.165) is 16.8 Å². The van der Waals surface area contributed by atoms with Crippen molar-refractivity contribution < 1.29 is 10.2 Å². The number of hydrogen-bond acceptors (Lipinski definition) is 7. The molecule has 6 nitrogen and oxygen atoms in total. The monoisotopic (exact) mass is 268 g/mol. The summed E-state index contributed by atoms with van der Waals surface area (Å²) in [5.74, 6) is 1.23. The molecular formula is C11H16N4O2S. The summed E-state index contributed by atoms with van der Waals surface area (Å²) in [7, 11) is 0. The fraction of sp³-hybridized carbons (Fsp3) is 0.455. The molecule has 0 fully saturated rings. The predicted molar refractivity (Wildman–Crippen MR) is 73.2 cm³/mol. The van der Waals surface area contributed by atoms with Crippen LogP contribution in [0.4, 0.5) is 11.8 Å². The van der Waals surface area contributed by atoms with Crippen molar-refractivity contribution in [3.8, 4) is 0 Å². The third-order valence-electron chi connectivity index (χ3n) is 2.38. The summed E-state index contributed by atoms with van der Waals surface area (Å²) < 4.78 is 0. The smallest absolute Gasteiger partial charge is 0.226 e. The molecule has 7 heteroatoms. The van der Waals surface area contributed by atoms with E-state index in [1.807, 2.05) is 18.4 Å². The van der Waals surface area contributed by atoms with Crippen molar-refractivity contribution in [3.63, 3.8) is 0 Å². The summed E-state index contributed by atoms with van der Waals surface area (Å²) in [6, 6.07) is 1.93. The van der Waals surface area contributed by atoms with Gasteiger partial charge in [0.2, 0.25) is 5.95 Å². The zero-order valence-corrected chi connectivity index (χ0v) is 10.9. The molecule has 0 radical (unpaired) electrons. The standard InChI is InChI=1S/C11H16N4O2S/c1-2-12-11-14-9(13-5-7(17)6-16)8-3-4-18-10(8)15-11/h3-4,7,16-17H,2,5-6H2,1H3,(H2,12,13,14,15). The van der Waals surface area contributed by atoms with Crippen LogP contribution in [0.1, 0.15) is 6.92 Å². The first kappa shape index (κ1) is 13.0. The second-order valence-electron chi connectivity index (χ2n) is 3.78. The molecule has 2 aromatic heterocycles. The van der Waals surface area contributed by atoms with Crippen LogP contribution < -0.4 is 10.6 Å². The fourth-order valence-corrected chi connectivity index (χ4v) is 2.27. The number of nitrogens with one attached hydrogen (secondary N) is 2. The highest BCUT2D eigenvalue weighted by molar-refractivity contribution is 7.16. The molecule has 0 aromatic carbocycles. The highest BCUT2D eigenvalue weighted by Gasteiger charge is 2.09. The number of aliphatic hydroxyl groups is 2. The SMILES string of the molecule is CCNc1nc(NCC(O)CO)c2ccsc2n1. The number of hydrogen-bond donors (Lipinski definition) is 4. The lowest BCUT2D eigenvalue weighted by atomic mass is 10.3. The molecule has 18 heavy (non-hydrogen) atoms. The summed E-state index contributed by atoms with van der Waals surface area (Å²) >= 11 is 1.54. The van der Waals surface area contributed by atoms with Crippen LogP contribution in [-0.4, -0.2) is 46.0 Å². The van der Waals surface area contributed by atoms with Crippen molar-refractivity contribution in [3.05, 3.63) is 11.4 Å². The van der Waals surface area contributed by atoms with Gasteiger partial charge in [0.25, 0.3) is 0 Å². The van der Waals surface area contributed by atoms with Crippen LogP contribution in [0.15, 0.2) is 11.4 Å². The Bertz CT molecular complexity index is 517. The maximum Gasteiger partial charge on any atom is 0.226 e. The van der Waals surface area contributed by atoms with Crippen molar-refractivity contribution in [2.24, 2.45) is 0 Å². The van der Waals surface area contributed by atoms with Crippen molar-refractivity contribution in [1.29, 1.82) is 0 Å². The van der Waals surface area contributed by atoms with Crippen molar-refractivity contribution in [2.75, 3.05) is 30.3 Å². The van der Waals surface area contributed by atoms with Crippen LogP contribution in [0.3, 0.4) is 0 Å². The van der Waals surface area contributed by atoms with E-state index in [4.69, 9.17) is 5.11 Å². The van der Waals surface area contributed by atoms with Crippen molar-refractivity contribution >= 4 is 33.3 Å². The molecule has 1 unspecified atom stereocenters. The molecule has 0 saturated heterocycles. The highest BCUT2D eigenvalue weighted by Crippen LogP contribution is 2.26. The van der Waals surface area contributed by atoms with E-state index >= 15 is 0 Å². The van der Waals surface area contributed by atoms with E-state index in [9.17, 15) is 5.11 Å². The lowest BCUT2D eigenvalue weighted by Crippen LogP contribution is -2.23. The van der Waals surface area contributed by atoms with E-state index in [2.05, 4.69) is 20.6 Å². The van der Waals surface area contributed by atoms with E-state index in [-0.39, 0.29) is 13.2 Å². The number of fused-ring (bicyclic) bond motifs is 1. The first-order chi connectivity index (χ1) is 8.74. The van der Waals surface area contributed by atoms with E-state index < -0.39 is 6.10 Å². The van der Waals surface area contributed by atoms with Gasteiger partial charge in [0, 0.05) is 13.1 Å². The van der Waals surface area contributed by atoms with Gasteiger partial charge in [-0.25, -0.2) is 4.98 Å². The number of anilines is 2. The van der Waals surface area contributed by atoms with Gasteiger partial charge in [-0.15, -0.1) is 11.3 Å². The van der Waals surface area contributed by atoms with Crippen LogP contribution in [0.2, 0.25) is 0 Å². The number of nitrogens with zero attached hydrogens (tertiary/aromatic N) is 2. The average Bonchev–Trinajstić information content (AvgIpc) is 2.84. The Kier molecular flexibility index (Phi) is 4.29. The Labute approximate surface area is 109 Å². The third-order valence-corrected chi connectivity index (χ3v) is 3.18. The van der Waals surface area contributed by atoms with E-state index in [1.165, 1.54) is 11.3 Å². The van der Waals surface area contributed by atoms with Gasteiger partial charge < -0.3 is 20.8 Å². The molecule has 4 N–H and O–H groups in total. The van der Waals surface area contributed by atoms with Gasteiger partial charge in [0.1, 0.15) is 10.6 Å². The number of aromatic nitrogens is 2. The summed E-state index contributed by atoms with van der Waals surface area (Å²) in [4.78, 5) is 9.62. The predicted octanol–water partition coefficient (Wildman–Crippen LogP) is 0.888. The largest absolute Gasteiger partial charge is 0.394 e. The first-order valence-corrected chi connectivity index (χ1v) is 6.64. The average molecular weight is 268 g/mol. The topological polar surface area (TPSA) is 90.3 Å². The van der Waals surface area contributed by atoms with Gasteiger partial charge in [-0.2, -0.15) is 4.98 Å². The van der Waals surface area contributed by atoms with Gasteiger partial charge in [-0.1, -0.05) is 0 Å². The normalized spacial score (nSPS) is 12.6. The Morgan fingerprint density at radius 3 is 2.94 bits per heavy atom. The minimum Gasteiger partial charge on any atom is -0.394 e. The Balaban J connectivity index is 2.25. The van der Waals surface area contributed by atoms with Gasteiger partial charge in [0.15, 0.2) is 0 Å². The first-order valence-electron chi connectivity index (χ1n) is 5.76. The zero-order valence-electron chi connectivity index (χ0n) is 10.1. The molecule has 0 saturated carbocycles. The molecular weight excluding hydrogens is 252 g/mol. The molecule has 0 bridgehead atoms. The molecule has 2 aromatic rings. The van der Waals surface area contributed by atoms with Crippen LogP contribution in [0, 0.1) is 0 Å². The van der Waals surface area contributed by atoms with Gasteiger partial charge in [0.05, 0.1) is 18.1 Å². The van der Waals surface area contributed by atoms with Crippen LogP contribution in [0.5, 0.6) is 0 Å². The van der Waals surface area contributed by atoms with E-state index in [1.54, 1.807) is 0 Å². The molecule has 0 aliphatic carbocycles. The Hall–Kier alpha value is -1.44. The minimum atomic E-state index is -0.795. The molecule has 0 aliphatic heterocycles. The van der Waals surface area contributed by atoms with Crippen molar-refractivity contribution in [1.82, 2.24) is 9.97 Å². The lowest BCUT2D eigenvalue weighted by molar-refractivity contribution is 0.105. The molecule has 98 valence electrons. The Morgan fingerprint density at radius 2 is 2.22 bits per heavy atom. The summed E-state index contributed by atoms with van der Waals surface area (Å²) in [6.45, 7) is 2.70. The lowest BCUT2D eigenvalue weighted by Gasteiger charge is -2.11.